The normalized spacial score (nSPS) is 25.8. The van der Waals surface area contributed by atoms with Crippen molar-refractivity contribution < 1.29 is 14.7 Å². The zero-order valence-electron chi connectivity index (χ0n) is 12.6. The lowest BCUT2D eigenvalue weighted by atomic mass is 9.86. The standard InChI is InChI=1S/C15H28N2O3/c1-10(4-3-5-11(2)16)14(18)17-13-8-6-12(7-9-13)15(19)20/h10-13H,3-9,16H2,1-2H3,(H,17,18)(H,19,20). The number of nitrogens with two attached hydrogens (primary N) is 1. The topological polar surface area (TPSA) is 92.4 Å². The van der Waals surface area contributed by atoms with Gasteiger partial charge < -0.3 is 16.2 Å². The van der Waals surface area contributed by atoms with Crippen LogP contribution in [0.2, 0.25) is 0 Å². The van der Waals surface area contributed by atoms with E-state index in [1.165, 1.54) is 0 Å². The molecule has 0 aromatic heterocycles. The van der Waals surface area contributed by atoms with E-state index in [1.54, 1.807) is 0 Å². The summed E-state index contributed by atoms with van der Waals surface area (Å²) in [6.45, 7) is 3.92. The SMILES string of the molecule is CC(N)CCCC(C)C(=O)NC1CCC(C(=O)O)CC1. The molecular formula is C15H28N2O3. The van der Waals surface area contributed by atoms with Crippen molar-refractivity contribution in [2.24, 2.45) is 17.6 Å². The summed E-state index contributed by atoms with van der Waals surface area (Å²) >= 11 is 0. The maximum atomic E-state index is 12.0. The first-order valence-electron chi connectivity index (χ1n) is 7.69. The number of aliphatic carboxylic acids is 1. The zero-order chi connectivity index (χ0) is 15.1. The highest BCUT2D eigenvalue weighted by molar-refractivity contribution is 5.78. The maximum Gasteiger partial charge on any atom is 0.306 e. The Morgan fingerprint density at radius 2 is 1.80 bits per heavy atom. The van der Waals surface area contributed by atoms with Gasteiger partial charge in [0.05, 0.1) is 5.92 Å². The molecule has 1 saturated carbocycles. The lowest BCUT2D eigenvalue weighted by Crippen LogP contribution is -2.41. The highest BCUT2D eigenvalue weighted by Crippen LogP contribution is 2.24. The Morgan fingerprint density at radius 1 is 1.20 bits per heavy atom. The van der Waals surface area contributed by atoms with Gasteiger partial charge in [0, 0.05) is 18.0 Å². The van der Waals surface area contributed by atoms with Gasteiger partial charge in [-0.1, -0.05) is 13.3 Å². The molecule has 116 valence electrons. The van der Waals surface area contributed by atoms with Gasteiger partial charge in [-0.3, -0.25) is 9.59 Å². The minimum Gasteiger partial charge on any atom is -0.481 e. The lowest BCUT2D eigenvalue weighted by Gasteiger charge is -2.27. The van der Waals surface area contributed by atoms with Crippen molar-refractivity contribution in [3.05, 3.63) is 0 Å². The summed E-state index contributed by atoms with van der Waals surface area (Å²) in [5.74, 6) is -0.843. The quantitative estimate of drug-likeness (QED) is 0.665. The van der Waals surface area contributed by atoms with Crippen LogP contribution in [0.5, 0.6) is 0 Å². The molecule has 1 amide bonds. The molecule has 1 rings (SSSR count). The lowest BCUT2D eigenvalue weighted by molar-refractivity contribution is -0.142. The number of nitrogens with one attached hydrogen (secondary N) is 1. The molecule has 0 aliphatic heterocycles. The Morgan fingerprint density at radius 3 is 2.30 bits per heavy atom. The van der Waals surface area contributed by atoms with Gasteiger partial charge in [0.25, 0.3) is 0 Å². The van der Waals surface area contributed by atoms with Crippen LogP contribution in [0, 0.1) is 11.8 Å². The Kier molecular flexibility index (Phi) is 6.99. The number of hydrogen-bond acceptors (Lipinski definition) is 3. The van der Waals surface area contributed by atoms with E-state index in [9.17, 15) is 9.59 Å². The molecule has 0 heterocycles. The summed E-state index contributed by atoms with van der Waals surface area (Å²) in [5, 5.41) is 12.0. The average molecular weight is 284 g/mol. The Labute approximate surface area is 121 Å². The third-order valence-electron chi connectivity index (χ3n) is 4.17. The van der Waals surface area contributed by atoms with Crippen LogP contribution in [0.1, 0.15) is 58.8 Å². The van der Waals surface area contributed by atoms with Crippen molar-refractivity contribution in [1.29, 1.82) is 0 Å². The predicted molar refractivity (Wildman–Crippen MR) is 78.2 cm³/mol. The summed E-state index contributed by atoms with van der Waals surface area (Å²) in [6, 6.07) is 0.338. The van der Waals surface area contributed by atoms with Gasteiger partial charge in [-0.25, -0.2) is 0 Å². The molecule has 20 heavy (non-hydrogen) atoms. The Hall–Kier alpha value is -1.10. The minimum atomic E-state index is -0.709. The van der Waals surface area contributed by atoms with Gasteiger partial charge in [-0.05, 0) is 45.4 Å². The fourth-order valence-corrected chi connectivity index (χ4v) is 2.71. The van der Waals surface area contributed by atoms with Gasteiger partial charge in [-0.2, -0.15) is 0 Å². The Balaban J connectivity index is 2.23. The number of rotatable bonds is 7. The largest absolute Gasteiger partial charge is 0.481 e. The fourth-order valence-electron chi connectivity index (χ4n) is 2.71. The minimum absolute atomic E-state index is 0.00551. The second-order valence-corrected chi connectivity index (χ2v) is 6.20. The molecule has 1 fully saturated rings. The smallest absolute Gasteiger partial charge is 0.306 e. The fraction of sp³-hybridized carbons (Fsp3) is 0.867. The number of carbonyl (C=O) groups excluding carboxylic acids is 1. The zero-order valence-corrected chi connectivity index (χ0v) is 12.6. The average Bonchev–Trinajstić information content (AvgIpc) is 2.38. The summed E-state index contributed by atoms with van der Waals surface area (Å²) < 4.78 is 0. The molecule has 2 unspecified atom stereocenters. The molecule has 5 nitrogen and oxygen atoms in total. The molecule has 0 spiro atoms. The number of carbonyl (C=O) groups is 2. The summed E-state index contributed by atoms with van der Waals surface area (Å²) in [7, 11) is 0. The molecule has 4 N–H and O–H groups in total. The second-order valence-electron chi connectivity index (χ2n) is 6.20. The van der Waals surface area contributed by atoms with Crippen molar-refractivity contribution >= 4 is 11.9 Å². The second kappa shape index (κ2) is 8.25. The summed E-state index contributed by atoms with van der Waals surface area (Å²) in [4.78, 5) is 22.9. The molecule has 0 radical (unpaired) electrons. The van der Waals surface area contributed by atoms with Crippen LogP contribution in [0.4, 0.5) is 0 Å². The molecule has 0 aromatic carbocycles. The van der Waals surface area contributed by atoms with E-state index >= 15 is 0 Å². The van der Waals surface area contributed by atoms with E-state index in [-0.39, 0.29) is 29.8 Å². The van der Waals surface area contributed by atoms with E-state index in [0.717, 1.165) is 32.1 Å². The van der Waals surface area contributed by atoms with Gasteiger partial charge in [0.15, 0.2) is 0 Å². The third kappa shape index (κ3) is 5.90. The van der Waals surface area contributed by atoms with Crippen molar-refractivity contribution in [2.45, 2.75) is 70.9 Å². The molecule has 1 aliphatic carbocycles. The monoisotopic (exact) mass is 284 g/mol. The highest BCUT2D eigenvalue weighted by Gasteiger charge is 2.27. The first kappa shape index (κ1) is 17.0. The molecule has 5 heteroatoms. The number of carboxylic acids is 1. The summed E-state index contributed by atoms with van der Waals surface area (Å²) in [6.07, 6.45) is 5.65. The van der Waals surface area contributed by atoms with Crippen LogP contribution in [-0.2, 0) is 9.59 Å². The number of hydrogen-bond donors (Lipinski definition) is 3. The van der Waals surface area contributed by atoms with E-state index in [2.05, 4.69) is 5.32 Å². The van der Waals surface area contributed by atoms with Crippen LogP contribution in [0.25, 0.3) is 0 Å². The van der Waals surface area contributed by atoms with Crippen molar-refractivity contribution in [1.82, 2.24) is 5.32 Å². The highest BCUT2D eigenvalue weighted by atomic mass is 16.4. The molecule has 0 aromatic rings. The summed E-state index contributed by atoms with van der Waals surface area (Å²) in [5.41, 5.74) is 5.69. The maximum absolute atomic E-state index is 12.0. The first-order valence-corrected chi connectivity index (χ1v) is 7.69. The molecule has 1 aliphatic rings. The molecule has 0 saturated heterocycles. The van der Waals surface area contributed by atoms with Crippen LogP contribution in [0.3, 0.4) is 0 Å². The van der Waals surface area contributed by atoms with Gasteiger partial charge >= 0.3 is 5.97 Å². The van der Waals surface area contributed by atoms with Gasteiger partial charge in [0.2, 0.25) is 5.91 Å². The number of amides is 1. The molecule has 2 atom stereocenters. The van der Waals surface area contributed by atoms with E-state index in [0.29, 0.717) is 12.8 Å². The third-order valence-corrected chi connectivity index (χ3v) is 4.17. The number of carboxylic acid groups (broad SMARTS) is 1. The van der Waals surface area contributed by atoms with Crippen LogP contribution in [0.15, 0.2) is 0 Å². The predicted octanol–water partition coefficient (Wildman–Crippen LogP) is 1.90. The van der Waals surface area contributed by atoms with E-state index < -0.39 is 5.97 Å². The van der Waals surface area contributed by atoms with Crippen LogP contribution >= 0.6 is 0 Å². The van der Waals surface area contributed by atoms with Crippen molar-refractivity contribution in [3.8, 4) is 0 Å². The van der Waals surface area contributed by atoms with E-state index in [1.807, 2.05) is 13.8 Å². The van der Waals surface area contributed by atoms with Gasteiger partial charge in [-0.15, -0.1) is 0 Å². The molecule has 0 bridgehead atoms. The van der Waals surface area contributed by atoms with Gasteiger partial charge in [0.1, 0.15) is 0 Å². The van der Waals surface area contributed by atoms with Crippen molar-refractivity contribution in [2.75, 3.05) is 0 Å². The Bertz CT molecular complexity index is 323. The van der Waals surface area contributed by atoms with Crippen LogP contribution < -0.4 is 11.1 Å². The van der Waals surface area contributed by atoms with Crippen molar-refractivity contribution in [3.63, 3.8) is 0 Å². The first-order chi connectivity index (χ1) is 9.40. The van der Waals surface area contributed by atoms with E-state index in [4.69, 9.17) is 10.8 Å². The van der Waals surface area contributed by atoms with Crippen LogP contribution in [-0.4, -0.2) is 29.1 Å². The molecular weight excluding hydrogens is 256 g/mol.